The number of halogens is 2. The van der Waals surface area contributed by atoms with Crippen LogP contribution in [0.2, 0.25) is 5.02 Å². The summed E-state index contributed by atoms with van der Waals surface area (Å²) in [5.74, 6) is 4.34. The van der Waals surface area contributed by atoms with Crippen LogP contribution in [0.15, 0.2) is 22.7 Å². The van der Waals surface area contributed by atoms with Gasteiger partial charge in [-0.1, -0.05) is 33.5 Å². The molecule has 0 unspecified atom stereocenters. The summed E-state index contributed by atoms with van der Waals surface area (Å²) in [5, 5.41) is 0.504. The molecule has 0 saturated carbocycles. The van der Waals surface area contributed by atoms with E-state index in [0.717, 1.165) is 4.47 Å². The average molecular weight is 274 g/mol. The molecule has 2 nitrogen and oxygen atoms in total. The van der Waals surface area contributed by atoms with Gasteiger partial charge >= 0.3 is 5.97 Å². The molecule has 0 radical (unpaired) electrons. The fourth-order valence-corrected chi connectivity index (χ4v) is 1.29. The second kappa shape index (κ2) is 5.04. The third kappa shape index (κ3) is 3.06. The Hall–Kier alpha value is -0.980. The van der Waals surface area contributed by atoms with E-state index in [4.69, 9.17) is 11.6 Å². The number of carbonyl (C=O) groups excluding carboxylic acids is 1. The predicted octanol–water partition coefficient (Wildman–Crippen LogP) is 2.63. The van der Waals surface area contributed by atoms with Crippen LogP contribution < -0.4 is 0 Å². The highest BCUT2D eigenvalue weighted by molar-refractivity contribution is 9.10. The van der Waals surface area contributed by atoms with Crippen LogP contribution in [0.3, 0.4) is 0 Å². The molecule has 1 aromatic rings. The van der Waals surface area contributed by atoms with Gasteiger partial charge in [0.1, 0.15) is 0 Å². The van der Waals surface area contributed by atoms with Crippen LogP contribution in [-0.4, -0.2) is 13.1 Å². The number of esters is 1. The van der Waals surface area contributed by atoms with E-state index in [1.54, 1.807) is 18.2 Å². The van der Waals surface area contributed by atoms with E-state index in [-0.39, 0.29) is 0 Å². The Bertz CT molecular complexity index is 418. The van der Waals surface area contributed by atoms with Crippen LogP contribution in [0.25, 0.3) is 0 Å². The summed E-state index contributed by atoms with van der Waals surface area (Å²) in [5.41, 5.74) is 0.589. The van der Waals surface area contributed by atoms with Crippen molar-refractivity contribution in [3.05, 3.63) is 33.3 Å². The summed E-state index contributed by atoms with van der Waals surface area (Å²) < 4.78 is 5.23. The van der Waals surface area contributed by atoms with Gasteiger partial charge in [-0.25, -0.2) is 4.79 Å². The molecule has 0 aliphatic rings. The van der Waals surface area contributed by atoms with Crippen molar-refractivity contribution in [3.8, 4) is 11.8 Å². The number of carbonyl (C=O) groups is 1. The average Bonchev–Trinajstić information content (AvgIpc) is 2.19. The third-order valence-corrected chi connectivity index (χ3v) is 2.24. The molecule has 1 aromatic carbocycles. The van der Waals surface area contributed by atoms with Crippen molar-refractivity contribution in [2.75, 3.05) is 7.11 Å². The van der Waals surface area contributed by atoms with Crippen molar-refractivity contribution < 1.29 is 9.53 Å². The van der Waals surface area contributed by atoms with Crippen LogP contribution in [0, 0.1) is 11.8 Å². The lowest BCUT2D eigenvalue weighted by Crippen LogP contribution is -1.94. The summed E-state index contributed by atoms with van der Waals surface area (Å²) >= 11 is 9.13. The maximum absolute atomic E-state index is 10.7. The van der Waals surface area contributed by atoms with Gasteiger partial charge in [0, 0.05) is 16.0 Å². The predicted molar refractivity (Wildman–Crippen MR) is 58.0 cm³/mol. The third-order valence-electron chi connectivity index (χ3n) is 1.41. The normalized spacial score (nSPS) is 8.79. The minimum atomic E-state index is -0.582. The van der Waals surface area contributed by atoms with Crippen LogP contribution in [-0.2, 0) is 9.53 Å². The van der Waals surface area contributed by atoms with Gasteiger partial charge in [-0.2, -0.15) is 0 Å². The Morgan fingerprint density at radius 3 is 2.93 bits per heavy atom. The number of methoxy groups -OCH3 is 1. The van der Waals surface area contributed by atoms with E-state index in [0.29, 0.717) is 10.6 Å². The lowest BCUT2D eigenvalue weighted by Gasteiger charge is -1.95. The second-order valence-corrected chi connectivity index (χ2v) is 3.69. The molecule has 0 aromatic heterocycles. The van der Waals surface area contributed by atoms with E-state index in [2.05, 4.69) is 32.5 Å². The summed E-state index contributed by atoms with van der Waals surface area (Å²) in [4.78, 5) is 10.7. The number of ether oxygens (including phenoxy) is 1. The first-order valence-corrected chi connectivity index (χ1v) is 4.85. The molecule has 4 heteroatoms. The number of rotatable bonds is 0. The maximum atomic E-state index is 10.7. The molecule has 0 N–H and O–H groups in total. The minimum absolute atomic E-state index is 0.504. The van der Waals surface area contributed by atoms with E-state index >= 15 is 0 Å². The summed E-state index contributed by atoms with van der Waals surface area (Å²) in [6, 6.07) is 5.23. The highest BCUT2D eigenvalue weighted by Crippen LogP contribution is 2.19. The summed E-state index contributed by atoms with van der Waals surface area (Å²) in [6.07, 6.45) is 0. The quantitative estimate of drug-likeness (QED) is 0.536. The topological polar surface area (TPSA) is 26.3 Å². The molecule has 0 fully saturated rings. The molecule has 14 heavy (non-hydrogen) atoms. The summed E-state index contributed by atoms with van der Waals surface area (Å²) in [6.45, 7) is 0. The zero-order valence-electron chi connectivity index (χ0n) is 7.30. The van der Waals surface area contributed by atoms with Gasteiger partial charge in [0.15, 0.2) is 0 Å². The number of benzene rings is 1. The van der Waals surface area contributed by atoms with Crippen LogP contribution in [0.5, 0.6) is 0 Å². The zero-order valence-corrected chi connectivity index (χ0v) is 9.65. The van der Waals surface area contributed by atoms with Gasteiger partial charge in [-0.15, -0.1) is 0 Å². The standard InChI is InChI=1S/C10H6BrClO2/c1-14-10(13)5-2-7-6-8(11)3-4-9(7)12/h3-4,6H,1H3. The maximum Gasteiger partial charge on any atom is 0.384 e. The lowest BCUT2D eigenvalue weighted by atomic mass is 10.2. The molecule has 0 amide bonds. The number of hydrogen-bond acceptors (Lipinski definition) is 2. The molecule has 0 saturated heterocycles. The molecule has 0 aliphatic heterocycles. The van der Waals surface area contributed by atoms with Crippen molar-refractivity contribution in [1.82, 2.24) is 0 Å². The summed E-state index contributed by atoms with van der Waals surface area (Å²) in [7, 11) is 1.28. The largest absolute Gasteiger partial charge is 0.459 e. The van der Waals surface area contributed by atoms with Crippen LogP contribution in [0.1, 0.15) is 5.56 Å². The van der Waals surface area contributed by atoms with Gasteiger partial charge < -0.3 is 4.74 Å². The molecule has 0 atom stereocenters. The monoisotopic (exact) mass is 272 g/mol. The van der Waals surface area contributed by atoms with Gasteiger partial charge in [0.2, 0.25) is 0 Å². The molecule has 0 spiro atoms. The molecule has 0 aliphatic carbocycles. The Morgan fingerprint density at radius 1 is 1.57 bits per heavy atom. The van der Waals surface area contributed by atoms with Crippen molar-refractivity contribution >= 4 is 33.5 Å². The first-order chi connectivity index (χ1) is 6.63. The van der Waals surface area contributed by atoms with E-state index in [9.17, 15) is 4.79 Å². The SMILES string of the molecule is COC(=O)C#Cc1cc(Br)ccc1Cl. The van der Waals surface area contributed by atoms with Crippen LogP contribution >= 0.6 is 27.5 Å². The van der Waals surface area contributed by atoms with Crippen molar-refractivity contribution in [1.29, 1.82) is 0 Å². The van der Waals surface area contributed by atoms with Crippen molar-refractivity contribution in [2.45, 2.75) is 0 Å². The highest BCUT2D eigenvalue weighted by Gasteiger charge is 1.98. The van der Waals surface area contributed by atoms with Gasteiger partial charge in [0.05, 0.1) is 12.1 Å². The van der Waals surface area contributed by atoms with E-state index < -0.39 is 5.97 Å². The number of hydrogen-bond donors (Lipinski definition) is 0. The van der Waals surface area contributed by atoms with Gasteiger partial charge in [0.25, 0.3) is 0 Å². The van der Waals surface area contributed by atoms with Crippen molar-refractivity contribution in [3.63, 3.8) is 0 Å². The van der Waals surface area contributed by atoms with Gasteiger partial charge in [-0.05, 0) is 18.2 Å². The molecule has 72 valence electrons. The Kier molecular flexibility index (Phi) is 3.99. The van der Waals surface area contributed by atoms with Crippen molar-refractivity contribution in [2.24, 2.45) is 0 Å². The Morgan fingerprint density at radius 2 is 2.29 bits per heavy atom. The van der Waals surface area contributed by atoms with Crippen LogP contribution in [0.4, 0.5) is 0 Å². The Labute approximate surface area is 95.3 Å². The molecule has 0 bridgehead atoms. The molecular formula is C10H6BrClO2. The first kappa shape index (κ1) is 11.1. The molecule has 1 rings (SSSR count). The smallest absolute Gasteiger partial charge is 0.384 e. The minimum Gasteiger partial charge on any atom is -0.459 e. The molecule has 0 heterocycles. The zero-order chi connectivity index (χ0) is 10.6. The lowest BCUT2D eigenvalue weighted by molar-refractivity contribution is -0.133. The van der Waals surface area contributed by atoms with E-state index in [1.165, 1.54) is 7.11 Å². The van der Waals surface area contributed by atoms with E-state index in [1.807, 2.05) is 0 Å². The van der Waals surface area contributed by atoms with Gasteiger partial charge in [-0.3, -0.25) is 0 Å². The fourth-order valence-electron chi connectivity index (χ4n) is 0.763. The fraction of sp³-hybridized carbons (Fsp3) is 0.100. The molecular weight excluding hydrogens is 267 g/mol. The second-order valence-electron chi connectivity index (χ2n) is 2.37. The first-order valence-electron chi connectivity index (χ1n) is 3.68. The Balaban J connectivity index is 3.00. The highest BCUT2D eigenvalue weighted by atomic mass is 79.9.